The van der Waals surface area contributed by atoms with Crippen molar-refractivity contribution in [2.75, 3.05) is 13.2 Å². The minimum Gasteiger partial charge on any atom is -0.376 e. The lowest BCUT2D eigenvalue weighted by Crippen LogP contribution is -2.13. The Hall–Kier alpha value is -0.0900. The Labute approximate surface area is 109 Å². The van der Waals surface area contributed by atoms with E-state index >= 15 is 0 Å². The number of hydrogen-bond donors (Lipinski definition) is 0. The van der Waals surface area contributed by atoms with Crippen LogP contribution in [0.15, 0.2) is 22.7 Å². The first-order valence-corrected chi connectivity index (χ1v) is 6.56. The first-order chi connectivity index (χ1) is 7.75. The maximum absolute atomic E-state index is 6.08. The van der Waals surface area contributed by atoms with Crippen LogP contribution in [0.1, 0.15) is 18.4 Å². The largest absolute Gasteiger partial charge is 0.376 e. The van der Waals surface area contributed by atoms with Crippen molar-refractivity contribution < 1.29 is 9.47 Å². The molecule has 4 heteroatoms. The number of rotatable bonds is 4. The molecule has 1 saturated heterocycles. The van der Waals surface area contributed by atoms with Gasteiger partial charge >= 0.3 is 0 Å². The fraction of sp³-hybridized carbons (Fsp3) is 0.500. The zero-order chi connectivity index (χ0) is 11.4. The summed E-state index contributed by atoms with van der Waals surface area (Å²) in [6, 6.07) is 5.82. The van der Waals surface area contributed by atoms with Crippen LogP contribution in [0.5, 0.6) is 0 Å². The van der Waals surface area contributed by atoms with E-state index in [2.05, 4.69) is 15.9 Å². The minimum atomic E-state index is 0.272. The van der Waals surface area contributed by atoms with Crippen molar-refractivity contribution in [3.05, 3.63) is 33.3 Å². The second kappa shape index (κ2) is 6.01. The topological polar surface area (TPSA) is 18.5 Å². The molecule has 1 fully saturated rings. The first-order valence-electron chi connectivity index (χ1n) is 5.39. The van der Waals surface area contributed by atoms with Crippen molar-refractivity contribution in [1.82, 2.24) is 0 Å². The first kappa shape index (κ1) is 12.4. The summed E-state index contributed by atoms with van der Waals surface area (Å²) < 4.78 is 12.1. The highest BCUT2D eigenvalue weighted by Gasteiger charge is 2.15. The molecule has 0 aromatic heterocycles. The number of benzene rings is 1. The minimum absolute atomic E-state index is 0.272. The normalized spacial score (nSPS) is 20.2. The molecule has 1 heterocycles. The Balaban J connectivity index is 1.80. The Morgan fingerprint density at radius 1 is 1.50 bits per heavy atom. The fourth-order valence-electron chi connectivity index (χ4n) is 1.71. The van der Waals surface area contributed by atoms with Crippen LogP contribution in [-0.4, -0.2) is 19.3 Å². The Kier molecular flexibility index (Phi) is 4.65. The van der Waals surface area contributed by atoms with Gasteiger partial charge < -0.3 is 9.47 Å². The van der Waals surface area contributed by atoms with E-state index in [-0.39, 0.29) is 6.10 Å². The molecule has 88 valence electrons. The van der Waals surface area contributed by atoms with Crippen molar-refractivity contribution in [3.63, 3.8) is 0 Å². The van der Waals surface area contributed by atoms with Crippen molar-refractivity contribution in [2.45, 2.75) is 25.6 Å². The van der Waals surface area contributed by atoms with Gasteiger partial charge in [0.05, 0.1) is 19.3 Å². The van der Waals surface area contributed by atoms with Crippen LogP contribution >= 0.6 is 27.5 Å². The maximum atomic E-state index is 6.08. The van der Waals surface area contributed by atoms with Gasteiger partial charge in [0.25, 0.3) is 0 Å². The zero-order valence-electron chi connectivity index (χ0n) is 8.92. The van der Waals surface area contributed by atoms with Gasteiger partial charge in [-0.05, 0) is 30.5 Å². The van der Waals surface area contributed by atoms with E-state index in [4.69, 9.17) is 21.1 Å². The summed E-state index contributed by atoms with van der Waals surface area (Å²) in [6.07, 6.45) is 2.52. The maximum Gasteiger partial charge on any atom is 0.0809 e. The number of halogens is 2. The molecule has 2 nitrogen and oxygen atoms in total. The third-order valence-corrected chi connectivity index (χ3v) is 3.45. The summed E-state index contributed by atoms with van der Waals surface area (Å²) in [6.45, 7) is 2.07. The van der Waals surface area contributed by atoms with Gasteiger partial charge in [-0.25, -0.2) is 0 Å². The molecule has 1 aliphatic rings. The van der Waals surface area contributed by atoms with E-state index in [1.807, 2.05) is 18.2 Å². The Morgan fingerprint density at radius 3 is 3.06 bits per heavy atom. The summed E-state index contributed by atoms with van der Waals surface area (Å²) in [5.74, 6) is 0. The molecular formula is C12H14BrClO2. The molecule has 1 aromatic carbocycles. The van der Waals surface area contributed by atoms with E-state index in [1.165, 1.54) is 0 Å². The fourth-order valence-corrected chi connectivity index (χ4v) is 2.44. The van der Waals surface area contributed by atoms with E-state index in [0.717, 1.165) is 34.5 Å². The van der Waals surface area contributed by atoms with Gasteiger partial charge in [0.2, 0.25) is 0 Å². The average molecular weight is 306 g/mol. The lowest BCUT2D eigenvalue weighted by molar-refractivity contribution is 0.0106. The highest BCUT2D eigenvalue weighted by molar-refractivity contribution is 9.10. The molecule has 0 bridgehead atoms. The summed E-state index contributed by atoms with van der Waals surface area (Å²) in [5, 5.41) is 0.738. The molecular weight excluding hydrogens is 291 g/mol. The van der Waals surface area contributed by atoms with Crippen LogP contribution in [0.2, 0.25) is 5.02 Å². The van der Waals surface area contributed by atoms with Gasteiger partial charge in [0, 0.05) is 16.1 Å². The number of hydrogen-bond acceptors (Lipinski definition) is 2. The predicted molar refractivity (Wildman–Crippen MR) is 67.8 cm³/mol. The van der Waals surface area contributed by atoms with Crippen molar-refractivity contribution in [1.29, 1.82) is 0 Å². The summed E-state index contributed by atoms with van der Waals surface area (Å²) in [7, 11) is 0. The quantitative estimate of drug-likeness (QED) is 0.842. The van der Waals surface area contributed by atoms with Crippen molar-refractivity contribution in [3.8, 4) is 0 Å². The van der Waals surface area contributed by atoms with E-state index in [1.54, 1.807) is 0 Å². The van der Waals surface area contributed by atoms with E-state index in [0.29, 0.717) is 13.2 Å². The van der Waals surface area contributed by atoms with Crippen LogP contribution < -0.4 is 0 Å². The molecule has 2 rings (SSSR count). The van der Waals surface area contributed by atoms with Crippen LogP contribution in [0.4, 0.5) is 0 Å². The van der Waals surface area contributed by atoms with Gasteiger partial charge in [-0.2, -0.15) is 0 Å². The molecule has 0 spiro atoms. The smallest absolute Gasteiger partial charge is 0.0809 e. The molecule has 0 saturated carbocycles. The summed E-state index contributed by atoms with van der Waals surface area (Å²) >= 11 is 9.46. The van der Waals surface area contributed by atoms with Gasteiger partial charge in [-0.15, -0.1) is 0 Å². The second-order valence-electron chi connectivity index (χ2n) is 3.89. The SMILES string of the molecule is Clc1cc(Br)ccc1COCC1CCCO1. The zero-order valence-corrected chi connectivity index (χ0v) is 11.3. The third-order valence-electron chi connectivity index (χ3n) is 2.60. The monoisotopic (exact) mass is 304 g/mol. The molecule has 0 N–H and O–H groups in total. The van der Waals surface area contributed by atoms with Crippen molar-refractivity contribution >= 4 is 27.5 Å². The van der Waals surface area contributed by atoms with Crippen LogP contribution in [0.3, 0.4) is 0 Å². The second-order valence-corrected chi connectivity index (χ2v) is 5.21. The summed E-state index contributed by atoms with van der Waals surface area (Å²) in [5.41, 5.74) is 1.02. The molecule has 0 aliphatic carbocycles. The lowest BCUT2D eigenvalue weighted by Gasteiger charge is -2.10. The lowest BCUT2D eigenvalue weighted by atomic mass is 10.2. The molecule has 1 aromatic rings. The molecule has 1 atom stereocenters. The highest BCUT2D eigenvalue weighted by atomic mass is 79.9. The molecule has 0 amide bonds. The highest BCUT2D eigenvalue weighted by Crippen LogP contribution is 2.22. The van der Waals surface area contributed by atoms with Crippen LogP contribution in [0, 0.1) is 0 Å². The van der Waals surface area contributed by atoms with Crippen LogP contribution in [-0.2, 0) is 16.1 Å². The third kappa shape index (κ3) is 3.45. The predicted octanol–water partition coefficient (Wildman–Crippen LogP) is 3.80. The number of ether oxygens (including phenoxy) is 2. The molecule has 1 unspecified atom stereocenters. The van der Waals surface area contributed by atoms with Crippen molar-refractivity contribution in [2.24, 2.45) is 0 Å². The van der Waals surface area contributed by atoms with Gasteiger partial charge in [-0.3, -0.25) is 0 Å². The molecule has 16 heavy (non-hydrogen) atoms. The van der Waals surface area contributed by atoms with Gasteiger partial charge in [-0.1, -0.05) is 33.6 Å². The molecule has 0 radical (unpaired) electrons. The molecule has 1 aliphatic heterocycles. The van der Waals surface area contributed by atoms with Crippen LogP contribution in [0.25, 0.3) is 0 Å². The summed E-state index contributed by atoms with van der Waals surface area (Å²) in [4.78, 5) is 0. The van der Waals surface area contributed by atoms with Gasteiger partial charge in [0.1, 0.15) is 0 Å². The average Bonchev–Trinajstić information content (AvgIpc) is 2.74. The van der Waals surface area contributed by atoms with E-state index < -0.39 is 0 Å². The Bertz CT molecular complexity index is 351. The van der Waals surface area contributed by atoms with Gasteiger partial charge in [0.15, 0.2) is 0 Å². The standard InChI is InChI=1S/C12H14BrClO2/c13-10-4-3-9(12(14)6-10)7-15-8-11-2-1-5-16-11/h3-4,6,11H,1-2,5,7-8H2. The van der Waals surface area contributed by atoms with E-state index in [9.17, 15) is 0 Å². The Morgan fingerprint density at radius 2 is 2.38 bits per heavy atom.